The maximum Gasteiger partial charge on any atom is 0.234 e. The first kappa shape index (κ1) is 16.2. The lowest BCUT2D eigenvalue weighted by atomic mass is 10.0. The van der Waals surface area contributed by atoms with Crippen molar-refractivity contribution < 1.29 is 13.6 Å². The highest BCUT2D eigenvalue weighted by Crippen LogP contribution is 2.10. The van der Waals surface area contributed by atoms with Crippen molar-refractivity contribution in [3.8, 4) is 0 Å². The molecule has 2 aromatic rings. The van der Waals surface area contributed by atoms with Gasteiger partial charge in [-0.2, -0.15) is 0 Å². The molecule has 0 radical (unpaired) electrons. The lowest BCUT2D eigenvalue weighted by molar-refractivity contribution is -0.124. The molecule has 0 aliphatic rings. The fourth-order valence-electron chi connectivity index (χ4n) is 1.97. The van der Waals surface area contributed by atoms with Crippen LogP contribution in [0.1, 0.15) is 38.6 Å². The SMILES string of the molecule is CCC(C)(C)NC(=O)CN(Cc1cocn1)Cc1cocn1. The van der Waals surface area contributed by atoms with Crippen molar-refractivity contribution in [3.05, 3.63) is 36.7 Å². The first-order valence-corrected chi connectivity index (χ1v) is 7.26. The monoisotopic (exact) mass is 306 g/mol. The summed E-state index contributed by atoms with van der Waals surface area (Å²) in [6.45, 7) is 7.31. The summed E-state index contributed by atoms with van der Waals surface area (Å²) in [7, 11) is 0. The number of hydrogen-bond donors (Lipinski definition) is 1. The van der Waals surface area contributed by atoms with Crippen LogP contribution < -0.4 is 5.32 Å². The summed E-state index contributed by atoms with van der Waals surface area (Å²) in [4.78, 5) is 22.4. The molecule has 0 atom stereocenters. The molecule has 120 valence electrons. The average molecular weight is 306 g/mol. The zero-order valence-corrected chi connectivity index (χ0v) is 13.2. The molecule has 2 aromatic heterocycles. The Hall–Kier alpha value is -2.15. The number of carbonyl (C=O) groups is 1. The van der Waals surface area contributed by atoms with Crippen LogP contribution in [0, 0.1) is 0 Å². The van der Waals surface area contributed by atoms with Crippen molar-refractivity contribution >= 4 is 5.91 Å². The Morgan fingerprint density at radius 2 is 1.73 bits per heavy atom. The van der Waals surface area contributed by atoms with E-state index in [0.717, 1.165) is 17.8 Å². The second kappa shape index (κ2) is 7.22. The maximum absolute atomic E-state index is 12.2. The summed E-state index contributed by atoms with van der Waals surface area (Å²) >= 11 is 0. The molecule has 0 saturated carbocycles. The van der Waals surface area contributed by atoms with Gasteiger partial charge in [-0.1, -0.05) is 6.92 Å². The van der Waals surface area contributed by atoms with E-state index >= 15 is 0 Å². The molecule has 0 bridgehead atoms. The third kappa shape index (κ3) is 5.00. The Balaban J connectivity index is 1.99. The Morgan fingerprint density at radius 3 is 2.14 bits per heavy atom. The van der Waals surface area contributed by atoms with Crippen LogP contribution in [-0.2, 0) is 17.9 Å². The maximum atomic E-state index is 12.2. The summed E-state index contributed by atoms with van der Waals surface area (Å²) < 4.78 is 9.96. The fourth-order valence-corrected chi connectivity index (χ4v) is 1.97. The number of rotatable bonds is 8. The fraction of sp³-hybridized carbons (Fsp3) is 0.533. The summed E-state index contributed by atoms with van der Waals surface area (Å²) in [6, 6.07) is 0. The number of nitrogens with zero attached hydrogens (tertiary/aromatic N) is 3. The van der Waals surface area contributed by atoms with Crippen LogP contribution in [-0.4, -0.2) is 32.9 Å². The lowest BCUT2D eigenvalue weighted by Gasteiger charge is -2.27. The number of oxazole rings is 2. The molecule has 0 aliphatic heterocycles. The molecular weight excluding hydrogens is 284 g/mol. The number of hydrogen-bond acceptors (Lipinski definition) is 6. The highest BCUT2D eigenvalue weighted by atomic mass is 16.3. The molecular formula is C15H22N4O3. The molecule has 22 heavy (non-hydrogen) atoms. The normalized spacial score (nSPS) is 11.8. The van der Waals surface area contributed by atoms with Gasteiger partial charge in [0.05, 0.1) is 17.9 Å². The van der Waals surface area contributed by atoms with Crippen LogP contribution in [0.15, 0.2) is 34.1 Å². The first-order valence-electron chi connectivity index (χ1n) is 7.26. The highest BCUT2D eigenvalue weighted by molar-refractivity contribution is 5.78. The van der Waals surface area contributed by atoms with Crippen molar-refractivity contribution in [1.29, 1.82) is 0 Å². The lowest BCUT2D eigenvalue weighted by Crippen LogP contribution is -2.47. The largest absolute Gasteiger partial charge is 0.451 e. The van der Waals surface area contributed by atoms with Crippen LogP contribution in [0.3, 0.4) is 0 Å². The van der Waals surface area contributed by atoms with E-state index in [1.54, 1.807) is 12.5 Å². The van der Waals surface area contributed by atoms with Gasteiger partial charge in [-0.25, -0.2) is 9.97 Å². The van der Waals surface area contributed by atoms with Gasteiger partial charge in [0.15, 0.2) is 12.8 Å². The van der Waals surface area contributed by atoms with E-state index in [4.69, 9.17) is 8.83 Å². The van der Waals surface area contributed by atoms with Gasteiger partial charge in [0.25, 0.3) is 0 Å². The van der Waals surface area contributed by atoms with Crippen LogP contribution in [0.5, 0.6) is 0 Å². The Morgan fingerprint density at radius 1 is 1.18 bits per heavy atom. The second-order valence-electron chi connectivity index (χ2n) is 5.89. The second-order valence-corrected chi connectivity index (χ2v) is 5.89. The molecule has 0 unspecified atom stereocenters. The molecule has 7 heteroatoms. The van der Waals surface area contributed by atoms with Gasteiger partial charge in [-0.05, 0) is 20.3 Å². The Kier molecular flexibility index (Phi) is 5.32. The van der Waals surface area contributed by atoms with E-state index in [1.165, 1.54) is 12.8 Å². The minimum absolute atomic E-state index is 0.0289. The molecule has 2 heterocycles. The topological polar surface area (TPSA) is 84.4 Å². The van der Waals surface area contributed by atoms with Gasteiger partial charge < -0.3 is 14.2 Å². The van der Waals surface area contributed by atoms with Gasteiger partial charge in [0.1, 0.15) is 12.5 Å². The Bertz CT molecular complexity index is 527. The van der Waals surface area contributed by atoms with Crippen molar-refractivity contribution in [3.63, 3.8) is 0 Å². The molecule has 1 amide bonds. The molecule has 0 aliphatic carbocycles. The van der Waals surface area contributed by atoms with Gasteiger partial charge in [-0.15, -0.1) is 0 Å². The van der Waals surface area contributed by atoms with Crippen LogP contribution in [0.4, 0.5) is 0 Å². The summed E-state index contributed by atoms with van der Waals surface area (Å²) in [5.41, 5.74) is 1.32. The van der Waals surface area contributed by atoms with Crippen LogP contribution >= 0.6 is 0 Å². The predicted molar refractivity (Wildman–Crippen MR) is 79.6 cm³/mol. The van der Waals surface area contributed by atoms with E-state index in [-0.39, 0.29) is 18.0 Å². The smallest absolute Gasteiger partial charge is 0.234 e. The molecule has 0 saturated heterocycles. The minimum atomic E-state index is -0.218. The van der Waals surface area contributed by atoms with E-state index in [1.807, 2.05) is 25.7 Å². The van der Waals surface area contributed by atoms with E-state index in [0.29, 0.717) is 13.1 Å². The number of amides is 1. The summed E-state index contributed by atoms with van der Waals surface area (Å²) in [5, 5.41) is 3.03. The molecule has 2 rings (SSSR count). The zero-order valence-electron chi connectivity index (χ0n) is 13.2. The zero-order chi connectivity index (χ0) is 16.0. The van der Waals surface area contributed by atoms with Gasteiger partial charge in [0, 0.05) is 18.6 Å². The number of carbonyl (C=O) groups excluding carboxylic acids is 1. The third-order valence-electron chi connectivity index (χ3n) is 3.47. The summed E-state index contributed by atoms with van der Waals surface area (Å²) in [6.07, 6.45) is 6.77. The summed E-state index contributed by atoms with van der Waals surface area (Å²) in [5.74, 6) is -0.0289. The van der Waals surface area contributed by atoms with Crippen molar-refractivity contribution in [2.24, 2.45) is 0 Å². The molecule has 0 aromatic carbocycles. The van der Waals surface area contributed by atoms with E-state index in [9.17, 15) is 4.79 Å². The average Bonchev–Trinajstić information content (AvgIpc) is 3.11. The third-order valence-corrected chi connectivity index (χ3v) is 3.47. The molecule has 0 spiro atoms. The van der Waals surface area contributed by atoms with E-state index in [2.05, 4.69) is 15.3 Å². The van der Waals surface area contributed by atoms with Crippen molar-refractivity contribution in [1.82, 2.24) is 20.2 Å². The first-order chi connectivity index (χ1) is 10.5. The molecule has 0 fully saturated rings. The standard InChI is InChI=1S/C15H22N4O3/c1-4-15(2,3)18-14(20)7-19(5-12-8-21-10-16-12)6-13-9-22-11-17-13/h8-11H,4-7H2,1-3H3,(H,18,20). The number of nitrogens with one attached hydrogen (secondary N) is 1. The van der Waals surface area contributed by atoms with Crippen LogP contribution in [0.2, 0.25) is 0 Å². The van der Waals surface area contributed by atoms with Gasteiger partial charge >= 0.3 is 0 Å². The Labute approximate surface area is 129 Å². The predicted octanol–water partition coefficient (Wildman–Crippen LogP) is 1.97. The quantitative estimate of drug-likeness (QED) is 0.802. The minimum Gasteiger partial charge on any atom is -0.451 e. The molecule has 7 nitrogen and oxygen atoms in total. The number of aromatic nitrogens is 2. The highest BCUT2D eigenvalue weighted by Gasteiger charge is 2.20. The van der Waals surface area contributed by atoms with Crippen LogP contribution in [0.25, 0.3) is 0 Å². The van der Waals surface area contributed by atoms with E-state index < -0.39 is 0 Å². The van der Waals surface area contributed by atoms with Crippen molar-refractivity contribution in [2.75, 3.05) is 6.54 Å². The van der Waals surface area contributed by atoms with Crippen molar-refractivity contribution in [2.45, 2.75) is 45.8 Å². The van der Waals surface area contributed by atoms with Gasteiger partial charge in [0.2, 0.25) is 5.91 Å². The molecule has 1 N–H and O–H groups in total. The van der Waals surface area contributed by atoms with Gasteiger partial charge in [-0.3, -0.25) is 9.69 Å².